The lowest BCUT2D eigenvalue weighted by Crippen LogP contribution is -2.22. The number of nitro benzene ring substituents is 1. The molecule has 0 aliphatic carbocycles. The predicted octanol–water partition coefficient (Wildman–Crippen LogP) is 5.32. The normalized spacial score (nSPS) is 11.8. The number of hydrogen-bond acceptors (Lipinski definition) is 6. The molecule has 1 heterocycles. The van der Waals surface area contributed by atoms with Crippen LogP contribution in [0, 0.1) is 10.1 Å². The summed E-state index contributed by atoms with van der Waals surface area (Å²) in [7, 11) is 0. The summed E-state index contributed by atoms with van der Waals surface area (Å²) in [6.45, 7) is 1.78. The van der Waals surface area contributed by atoms with Crippen LogP contribution in [0.15, 0.2) is 83.9 Å². The number of anilines is 1. The Labute approximate surface area is 182 Å². The fourth-order valence-electron chi connectivity index (χ4n) is 3.11. The highest BCUT2D eigenvalue weighted by Gasteiger charge is 2.19. The van der Waals surface area contributed by atoms with Crippen LogP contribution >= 0.6 is 11.8 Å². The van der Waals surface area contributed by atoms with Gasteiger partial charge in [-0.1, -0.05) is 66.4 Å². The van der Waals surface area contributed by atoms with E-state index in [0.29, 0.717) is 10.7 Å². The van der Waals surface area contributed by atoms with Gasteiger partial charge in [-0.3, -0.25) is 14.9 Å². The SMILES string of the molecule is CC(Sc1nnc(-c2ccccc2)c2ccccc12)C(=O)Nc1ccc([N+](=O)[O-])cc1. The molecular weight excluding hydrogens is 412 g/mol. The molecule has 0 saturated carbocycles. The quantitative estimate of drug-likeness (QED) is 0.252. The van der Waals surface area contributed by atoms with E-state index in [4.69, 9.17) is 0 Å². The minimum absolute atomic E-state index is 0.0272. The van der Waals surface area contributed by atoms with E-state index in [1.165, 1.54) is 36.0 Å². The zero-order chi connectivity index (χ0) is 21.8. The van der Waals surface area contributed by atoms with Crippen LogP contribution in [0.3, 0.4) is 0 Å². The highest BCUT2D eigenvalue weighted by Crippen LogP contribution is 2.33. The number of amides is 1. The Hall–Kier alpha value is -3.78. The Morgan fingerprint density at radius 2 is 1.58 bits per heavy atom. The maximum absolute atomic E-state index is 12.6. The van der Waals surface area contributed by atoms with Gasteiger partial charge in [-0.05, 0) is 19.1 Å². The average Bonchev–Trinajstić information content (AvgIpc) is 2.80. The Morgan fingerprint density at radius 1 is 0.935 bits per heavy atom. The Bertz CT molecular complexity index is 1250. The van der Waals surface area contributed by atoms with E-state index in [1.807, 2.05) is 54.6 Å². The molecular formula is C23H18N4O3S. The molecule has 1 amide bonds. The second kappa shape index (κ2) is 8.93. The molecule has 0 aliphatic heterocycles. The van der Waals surface area contributed by atoms with Gasteiger partial charge in [-0.2, -0.15) is 0 Å². The maximum atomic E-state index is 12.6. The number of nitrogens with one attached hydrogen (secondary N) is 1. The van der Waals surface area contributed by atoms with E-state index in [9.17, 15) is 14.9 Å². The van der Waals surface area contributed by atoms with E-state index in [2.05, 4.69) is 15.5 Å². The molecule has 0 fully saturated rings. The maximum Gasteiger partial charge on any atom is 0.269 e. The smallest absolute Gasteiger partial charge is 0.269 e. The van der Waals surface area contributed by atoms with Gasteiger partial charge in [-0.15, -0.1) is 10.2 Å². The number of nitro groups is 1. The molecule has 0 aliphatic rings. The number of rotatable bonds is 6. The number of benzene rings is 3. The molecule has 4 aromatic rings. The lowest BCUT2D eigenvalue weighted by molar-refractivity contribution is -0.384. The van der Waals surface area contributed by atoms with Crippen molar-refractivity contribution in [2.24, 2.45) is 0 Å². The number of aromatic nitrogens is 2. The molecule has 154 valence electrons. The Morgan fingerprint density at radius 3 is 2.26 bits per heavy atom. The minimum atomic E-state index is -0.479. The van der Waals surface area contributed by atoms with Crippen LogP contribution in [-0.4, -0.2) is 26.3 Å². The molecule has 1 N–H and O–H groups in total. The Kier molecular flexibility index (Phi) is 5.90. The van der Waals surface area contributed by atoms with Gasteiger partial charge in [0.2, 0.25) is 5.91 Å². The molecule has 4 rings (SSSR count). The van der Waals surface area contributed by atoms with Gasteiger partial charge in [-0.25, -0.2) is 0 Å². The van der Waals surface area contributed by atoms with Gasteiger partial charge in [0.05, 0.1) is 10.2 Å². The summed E-state index contributed by atoms with van der Waals surface area (Å²) in [5.41, 5.74) is 2.24. The van der Waals surface area contributed by atoms with E-state index >= 15 is 0 Å². The standard InChI is InChI=1S/C23H18N4O3S/c1-15(22(28)24-17-11-13-18(14-12-17)27(29)30)31-23-20-10-6-5-9-19(20)21(25-26-23)16-7-3-2-4-8-16/h2-15H,1H3,(H,24,28). The molecule has 8 heteroatoms. The van der Waals surface area contributed by atoms with Crippen LogP contribution in [0.25, 0.3) is 22.0 Å². The molecule has 7 nitrogen and oxygen atoms in total. The van der Waals surface area contributed by atoms with Crippen molar-refractivity contribution in [1.82, 2.24) is 10.2 Å². The monoisotopic (exact) mass is 430 g/mol. The van der Waals surface area contributed by atoms with Crippen LogP contribution in [0.5, 0.6) is 0 Å². The highest BCUT2D eigenvalue weighted by atomic mass is 32.2. The molecule has 3 aromatic carbocycles. The second-order valence-electron chi connectivity index (χ2n) is 6.82. The third kappa shape index (κ3) is 4.54. The lowest BCUT2D eigenvalue weighted by Gasteiger charge is -2.13. The number of hydrogen-bond donors (Lipinski definition) is 1. The minimum Gasteiger partial charge on any atom is -0.325 e. The number of carbonyl (C=O) groups is 1. The first-order valence-corrected chi connectivity index (χ1v) is 10.4. The third-order valence-electron chi connectivity index (χ3n) is 4.70. The second-order valence-corrected chi connectivity index (χ2v) is 8.15. The van der Waals surface area contributed by atoms with Crippen molar-refractivity contribution in [3.05, 3.63) is 89.0 Å². The van der Waals surface area contributed by atoms with Crippen molar-refractivity contribution in [3.8, 4) is 11.3 Å². The number of non-ortho nitro benzene ring substituents is 1. The van der Waals surface area contributed by atoms with Gasteiger partial charge in [0.15, 0.2) is 0 Å². The first kappa shape index (κ1) is 20.5. The molecule has 1 unspecified atom stereocenters. The van der Waals surface area contributed by atoms with E-state index in [-0.39, 0.29) is 11.6 Å². The van der Waals surface area contributed by atoms with Crippen LogP contribution in [0.2, 0.25) is 0 Å². The van der Waals surface area contributed by atoms with Crippen LogP contribution in [0.4, 0.5) is 11.4 Å². The summed E-state index contributed by atoms with van der Waals surface area (Å²) in [4.78, 5) is 22.9. The first-order valence-electron chi connectivity index (χ1n) is 9.56. The van der Waals surface area contributed by atoms with Crippen LogP contribution < -0.4 is 5.32 Å². The number of thioether (sulfide) groups is 1. The van der Waals surface area contributed by atoms with Gasteiger partial charge in [0, 0.05) is 34.2 Å². The molecule has 1 aromatic heterocycles. The van der Waals surface area contributed by atoms with E-state index in [0.717, 1.165) is 22.0 Å². The van der Waals surface area contributed by atoms with E-state index < -0.39 is 10.2 Å². The number of nitrogens with zero attached hydrogens (tertiary/aromatic N) is 3. The molecule has 0 spiro atoms. The molecule has 31 heavy (non-hydrogen) atoms. The predicted molar refractivity (Wildman–Crippen MR) is 122 cm³/mol. The van der Waals surface area contributed by atoms with Crippen LogP contribution in [0.1, 0.15) is 6.92 Å². The van der Waals surface area contributed by atoms with Gasteiger partial charge in [0.1, 0.15) is 10.7 Å². The van der Waals surface area contributed by atoms with Crippen molar-refractivity contribution in [1.29, 1.82) is 0 Å². The fraction of sp³-hybridized carbons (Fsp3) is 0.0870. The molecule has 0 bridgehead atoms. The summed E-state index contributed by atoms with van der Waals surface area (Å²) < 4.78 is 0. The average molecular weight is 430 g/mol. The zero-order valence-electron chi connectivity index (χ0n) is 16.6. The molecule has 0 saturated heterocycles. The van der Waals surface area contributed by atoms with E-state index in [1.54, 1.807) is 6.92 Å². The highest BCUT2D eigenvalue weighted by molar-refractivity contribution is 8.00. The van der Waals surface area contributed by atoms with Gasteiger partial charge >= 0.3 is 0 Å². The lowest BCUT2D eigenvalue weighted by atomic mass is 10.1. The summed E-state index contributed by atoms with van der Waals surface area (Å²) in [6.07, 6.45) is 0. The molecule has 1 atom stereocenters. The summed E-state index contributed by atoms with van der Waals surface area (Å²) in [6, 6.07) is 23.4. The van der Waals surface area contributed by atoms with Crippen molar-refractivity contribution in [2.75, 3.05) is 5.32 Å². The van der Waals surface area contributed by atoms with Crippen molar-refractivity contribution in [3.63, 3.8) is 0 Å². The number of carbonyl (C=O) groups excluding carboxylic acids is 1. The van der Waals surface area contributed by atoms with Gasteiger partial charge in [0.25, 0.3) is 5.69 Å². The van der Waals surface area contributed by atoms with Crippen LogP contribution in [-0.2, 0) is 4.79 Å². The first-order chi connectivity index (χ1) is 15.0. The Balaban J connectivity index is 1.55. The molecule has 0 radical (unpaired) electrons. The number of fused-ring (bicyclic) bond motifs is 1. The largest absolute Gasteiger partial charge is 0.325 e. The summed E-state index contributed by atoms with van der Waals surface area (Å²) in [5.74, 6) is -0.225. The zero-order valence-corrected chi connectivity index (χ0v) is 17.4. The summed E-state index contributed by atoms with van der Waals surface area (Å²) in [5, 5.41) is 24.5. The van der Waals surface area contributed by atoms with Crippen molar-refractivity contribution < 1.29 is 9.72 Å². The fourth-order valence-corrected chi connectivity index (χ4v) is 4.00. The van der Waals surface area contributed by atoms with Crippen molar-refractivity contribution >= 4 is 39.8 Å². The van der Waals surface area contributed by atoms with Gasteiger partial charge < -0.3 is 5.32 Å². The summed E-state index contributed by atoms with van der Waals surface area (Å²) >= 11 is 1.32. The topological polar surface area (TPSA) is 98.0 Å². The third-order valence-corrected chi connectivity index (χ3v) is 5.80. The van der Waals surface area contributed by atoms with Crippen molar-refractivity contribution in [2.45, 2.75) is 17.2 Å².